The van der Waals surface area contributed by atoms with E-state index in [1.807, 2.05) is 0 Å². The number of hydrogen-bond acceptors (Lipinski definition) is 1. The van der Waals surface area contributed by atoms with Gasteiger partial charge in [-0.25, -0.2) is 0 Å². The molecular weight excluding hydrogens is 242 g/mol. The summed E-state index contributed by atoms with van der Waals surface area (Å²) in [5, 5.41) is 3.84. The van der Waals surface area contributed by atoms with Crippen LogP contribution in [0.2, 0.25) is 0 Å². The molecule has 0 aliphatic rings. The molecule has 0 aliphatic heterocycles. The second kappa shape index (κ2) is 7.25. The Morgan fingerprint density at radius 1 is 0.800 bits per heavy atom. The van der Waals surface area contributed by atoms with Gasteiger partial charge in [-0.2, -0.15) is 0 Å². The van der Waals surface area contributed by atoms with Crippen LogP contribution in [0.25, 0.3) is 0 Å². The van der Waals surface area contributed by atoms with E-state index in [1.54, 1.807) is 0 Å². The first-order valence-corrected chi connectivity index (χ1v) is 7.58. The maximum absolute atomic E-state index is 3.84. The molecule has 0 spiro atoms. The standard InChI is InChI=1S/C19H25N/c1-4-18(15(2)3)20-19(16-11-7-5-8-12-16)17-13-9-6-10-14-17/h5-15,18-20H,4H2,1-3H3. The van der Waals surface area contributed by atoms with E-state index in [2.05, 4.69) is 86.8 Å². The summed E-state index contributed by atoms with van der Waals surface area (Å²) in [6.45, 7) is 6.83. The van der Waals surface area contributed by atoms with Crippen molar-refractivity contribution in [2.24, 2.45) is 5.92 Å². The van der Waals surface area contributed by atoms with E-state index in [-0.39, 0.29) is 6.04 Å². The molecule has 106 valence electrons. The Labute approximate surface area is 123 Å². The highest BCUT2D eigenvalue weighted by Gasteiger charge is 2.19. The third-order valence-electron chi connectivity index (χ3n) is 3.89. The maximum Gasteiger partial charge on any atom is 0.0578 e. The number of rotatable bonds is 6. The van der Waals surface area contributed by atoms with E-state index in [9.17, 15) is 0 Å². The number of benzene rings is 2. The minimum Gasteiger partial charge on any atom is -0.303 e. The molecule has 0 aliphatic carbocycles. The Morgan fingerprint density at radius 2 is 1.25 bits per heavy atom. The zero-order valence-corrected chi connectivity index (χ0v) is 12.7. The van der Waals surface area contributed by atoms with E-state index in [0.29, 0.717) is 12.0 Å². The van der Waals surface area contributed by atoms with E-state index in [4.69, 9.17) is 0 Å². The summed E-state index contributed by atoms with van der Waals surface area (Å²) in [6, 6.07) is 22.2. The van der Waals surface area contributed by atoms with Crippen molar-refractivity contribution in [2.75, 3.05) is 0 Å². The molecule has 0 aromatic heterocycles. The van der Waals surface area contributed by atoms with Crippen molar-refractivity contribution >= 4 is 0 Å². The summed E-state index contributed by atoms with van der Waals surface area (Å²) in [6.07, 6.45) is 1.15. The largest absolute Gasteiger partial charge is 0.303 e. The molecule has 0 saturated heterocycles. The highest BCUT2D eigenvalue weighted by molar-refractivity contribution is 5.31. The van der Waals surface area contributed by atoms with E-state index >= 15 is 0 Å². The zero-order chi connectivity index (χ0) is 14.4. The lowest BCUT2D eigenvalue weighted by Gasteiger charge is -2.28. The molecule has 0 saturated carbocycles. The van der Waals surface area contributed by atoms with Crippen LogP contribution in [0.3, 0.4) is 0 Å². The van der Waals surface area contributed by atoms with Crippen LogP contribution >= 0.6 is 0 Å². The Morgan fingerprint density at radius 3 is 1.60 bits per heavy atom. The number of nitrogens with one attached hydrogen (secondary N) is 1. The number of hydrogen-bond donors (Lipinski definition) is 1. The monoisotopic (exact) mass is 267 g/mol. The molecule has 0 bridgehead atoms. The lowest BCUT2D eigenvalue weighted by molar-refractivity contribution is 0.365. The third kappa shape index (κ3) is 3.71. The van der Waals surface area contributed by atoms with Crippen molar-refractivity contribution in [1.29, 1.82) is 0 Å². The lowest BCUT2D eigenvalue weighted by atomic mass is 9.94. The predicted octanol–water partition coefficient (Wildman–Crippen LogP) is 4.80. The van der Waals surface area contributed by atoms with Crippen LogP contribution in [-0.4, -0.2) is 6.04 Å². The maximum atomic E-state index is 3.84. The van der Waals surface area contributed by atoms with Crippen LogP contribution < -0.4 is 5.32 Å². The fraction of sp³-hybridized carbons (Fsp3) is 0.368. The van der Waals surface area contributed by atoms with Crippen LogP contribution in [0.4, 0.5) is 0 Å². The van der Waals surface area contributed by atoms with Gasteiger partial charge in [0.15, 0.2) is 0 Å². The van der Waals surface area contributed by atoms with Crippen molar-refractivity contribution in [3.05, 3.63) is 71.8 Å². The van der Waals surface area contributed by atoms with E-state index < -0.39 is 0 Å². The SMILES string of the molecule is CCC(NC(c1ccccc1)c1ccccc1)C(C)C. The lowest BCUT2D eigenvalue weighted by Crippen LogP contribution is -2.36. The van der Waals surface area contributed by atoms with Gasteiger partial charge in [-0.15, -0.1) is 0 Å². The summed E-state index contributed by atoms with van der Waals surface area (Å²) in [5.41, 5.74) is 2.66. The first-order valence-electron chi connectivity index (χ1n) is 7.58. The highest BCUT2D eigenvalue weighted by Crippen LogP contribution is 2.24. The molecule has 1 atom stereocenters. The normalized spacial score (nSPS) is 12.8. The van der Waals surface area contributed by atoms with Gasteiger partial charge in [-0.1, -0.05) is 81.4 Å². The quantitative estimate of drug-likeness (QED) is 0.792. The first kappa shape index (κ1) is 14.8. The molecule has 0 heterocycles. The predicted molar refractivity (Wildman–Crippen MR) is 86.8 cm³/mol. The van der Waals surface area contributed by atoms with E-state index in [0.717, 1.165) is 6.42 Å². The van der Waals surface area contributed by atoms with Gasteiger partial charge in [0, 0.05) is 6.04 Å². The average molecular weight is 267 g/mol. The molecule has 1 N–H and O–H groups in total. The third-order valence-corrected chi connectivity index (χ3v) is 3.89. The van der Waals surface area contributed by atoms with Crippen molar-refractivity contribution in [3.8, 4) is 0 Å². The van der Waals surface area contributed by atoms with Gasteiger partial charge in [-0.05, 0) is 23.5 Å². The van der Waals surface area contributed by atoms with E-state index in [1.165, 1.54) is 11.1 Å². The van der Waals surface area contributed by atoms with Gasteiger partial charge in [0.2, 0.25) is 0 Å². The molecule has 2 rings (SSSR count). The minimum absolute atomic E-state index is 0.268. The Kier molecular flexibility index (Phi) is 5.37. The average Bonchev–Trinajstić information content (AvgIpc) is 2.50. The van der Waals surface area contributed by atoms with Gasteiger partial charge < -0.3 is 5.32 Å². The smallest absolute Gasteiger partial charge is 0.0578 e. The van der Waals surface area contributed by atoms with Crippen LogP contribution in [-0.2, 0) is 0 Å². The van der Waals surface area contributed by atoms with Crippen molar-refractivity contribution in [1.82, 2.24) is 5.32 Å². The second-order valence-corrected chi connectivity index (χ2v) is 5.68. The molecule has 0 radical (unpaired) electrons. The molecule has 2 aromatic rings. The van der Waals surface area contributed by atoms with Crippen molar-refractivity contribution < 1.29 is 0 Å². The molecule has 1 nitrogen and oxygen atoms in total. The molecule has 0 amide bonds. The second-order valence-electron chi connectivity index (χ2n) is 5.68. The highest BCUT2D eigenvalue weighted by atomic mass is 15.0. The van der Waals surface area contributed by atoms with Gasteiger partial charge in [0.25, 0.3) is 0 Å². The first-order chi connectivity index (χ1) is 9.72. The summed E-state index contributed by atoms with van der Waals surface area (Å²) in [7, 11) is 0. The van der Waals surface area contributed by atoms with Crippen LogP contribution in [0.5, 0.6) is 0 Å². The van der Waals surface area contributed by atoms with Crippen molar-refractivity contribution in [2.45, 2.75) is 39.3 Å². The summed E-state index contributed by atoms with van der Waals surface area (Å²) < 4.78 is 0. The fourth-order valence-electron chi connectivity index (χ4n) is 2.67. The molecule has 20 heavy (non-hydrogen) atoms. The minimum atomic E-state index is 0.268. The Bertz CT molecular complexity index is 450. The molecule has 2 aromatic carbocycles. The Balaban J connectivity index is 2.30. The fourth-order valence-corrected chi connectivity index (χ4v) is 2.67. The van der Waals surface area contributed by atoms with Crippen LogP contribution in [0, 0.1) is 5.92 Å². The van der Waals surface area contributed by atoms with Gasteiger partial charge in [0.05, 0.1) is 6.04 Å². The van der Waals surface area contributed by atoms with Gasteiger partial charge in [0.1, 0.15) is 0 Å². The molecule has 1 heteroatoms. The van der Waals surface area contributed by atoms with Crippen LogP contribution in [0.1, 0.15) is 44.4 Å². The molecule has 1 unspecified atom stereocenters. The summed E-state index contributed by atoms with van der Waals surface area (Å²) >= 11 is 0. The zero-order valence-electron chi connectivity index (χ0n) is 12.7. The van der Waals surface area contributed by atoms with Gasteiger partial charge in [-0.3, -0.25) is 0 Å². The van der Waals surface area contributed by atoms with Crippen molar-refractivity contribution in [3.63, 3.8) is 0 Å². The summed E-state index contributed by atoms with van der Waals surface area (Å²) in [5.74, 6) is 0.634. The van der Waals surface area contributed by atoms with Gasteiger partial charge >= 0.3 is 0 Å². The van der Waals surface area contributed by atoms with Crippen LogP contribution in [0.15, 0.2) is 60.7 Å². The topological polar surface area (TPSA) is 12.0 Å². The summed E-state index contributed by atoms with van der Waals surface area (Å²) in [4.78, 5) is 0. The molecular formula is C19H25N. The molecule has 0 fully saturated rings. The Hall–Kier alpha value is -1.60.